The van der Waals surface area contributed by atoms with Gasteiger partial charge < -0.3 is 13.3 Å². The molecule has 48 heavy (non-hydrogen) atoms. The first kappa shape index (κ1) is 42.2. The molecule has 0 aliphatic heterocycles. The van der Waals surface area contributed by atoms with Crippen molar-refractivity contribution >= 4 is 25.0 Å². The van der Waals surface area contributed by atoms with Gasteiger partial charge in [-0.15, -0.1) is 0 Å². The van der Waals surface area contributed by atoms with Gasteiger partial charge in [-0.25, -0.2) is 0 Å². The van der Waals surface area contributed by atoms with Gasteiger partial charge in [0.15, 0.2) is 25.0 Å². The Labute approximate surface area is 302 Å². The van der Waals surface area contributed by atoms with Crippen LogP contribution < -0.4 is 0 Å². The van der Waals surface area contributed by atoms with Gasteiger partial charge in [0, 0.05) is 0 Å². The number of hydrogen-bond donors (Lipinski definition) is 0. The lowest BCUT2D eigenvalue weighted by molar-refractivity contribution is 0.0735. The molecule has 0 radical (unpaired) electrons. The molecule has 0 saturated heterocycles. The molecule has 3 fully saturated rings. The topological polar surface area (TPSA) is 27.7 Å². The van der Waals surface area contributed by atoms with Crippen LogP contribution in [0.2, 0.25) is 55.9 Å². The van der Waals surface area contributed by atoms with Gasteiger partial charge in [-0.3, -0.25) is 0 Å². The van der Waals surface area contributed by atoms with E-state index in [1.165, 1.54) is 62.5 Å². The maximum atomic E-state index is 7.12. The molecule has 0 unspecified atom stereocenters. The Morgan fingerprint density at radius 1 is 0.833 bits per heavy atom. The zero-order valence-electron chi connectivity index (χ0n) is 35.0. The number of allylic oxidation sites excluding steroid dienone is 3. The van der Waals surface area contributed by atoms with Crippen LogP contribution in [0.3, 0.4) is 0 Å². The Morgan fingerprint density at radius 3 is 1.83 bits per heavy atom. The van der Waals surface area contributed by atoms with Crippen molar-refractivity contribution in [2.75, 3.05) is 0 Å². The monoisotopic (exact) mass is 717 g/mol. The minimum absolute atomic E-state index is 0.00446. The molecule has 0 amide bonds. The summed E-state index contributed by atoms with van der Waals surface area (Å²) in [7, 11) is -5.48. The van der Waals surface area contributed by atoms with Gasteiger partial charge in [0.2, 0.25) is 0 Å². The first-order valence-corrected chi connectivity index (χ1v) is 28.9. The summed E-state index contributed by atoms with van der Waals surface area (Å²) in [6.07, 6.45) is 17.5. The van der Waals surface area contributed by atoms with Crippen LogP contribution in [0.15, 0.2) is 35.5 Å². The second-order valence-electron chi connectivity index (χ2n) is 21.2. The van der Waals surface area contributed by atoms with E-state index >= 15 is 0 Å². The van der Waals surface area contributed by atoms with Gasteiger partial charge >= 0.3 is 0 Å². The number of rotatable bonds is 12. The van der Waals surface area contributed by atoms with E-state index in [-0.39, 0.29) is 27.9 Å². The lowest BCUT2D eigenvalue weighted by atomic mass is 9.60. The van der Waals surface area contributed by atoms with Gasteiger partial charge in [-0.05, 0) is 150 Å². The van der Waals surface area contributed by atoms with E-state index in [4.69, 9.17) is 13.3 Å². The molecule has 3 rings (SSSR count). The summed E-state index contributed by atoms with van der Waals surface area (Å²) in [5, 5.41) is 0.320. The number of fused-ring (bicyclic) bond motifs is 1. The zero-order chi connectivity index (χ0) is 36.7. The van der Waals surface area contributed by atoms with E-state index < -0.39 is 25.0 Å². The van der Waals surface area contributed by atoms with Crippen molar-refractivity contribution in [2.45, 2.75) is 207 Å². The molecule has 6 heteroatoms. The van der Waals surface area contributed by atoms with E-state index in [1.54, 1.807) is 5.57 Å². The van der Waals surface area contributed by atoms with Crippen LogP contribution in [-0.2, 0) is 13.3 Å². The fraction of sp³-hybridized carbons (Fsp3) is 0.857. The van der Waals surface area contributed by atoms with E-state index in [0.29, 0.717) is 5.41 Å². The highest BCUT2D eigenvalue weighted by molar-refractivity contribution is 6.74. The van der Waals surface area contributed by atoms with Crippen LogP contribution in [0.1, 0.15) is 133 Å². The van der Waals surface area contributed by atoms with Crippen molar-refractivity contribution in [3.05, 3.63) is 35.5 Å². The summed E-state index contributed by atoms with van der Waals surface area (Å²) in [5.41, 5.74) is 4.79. The molecule has 0 aromatic rings. The molecule has 3 saturated carbocycles. The third-order valence-electron chi connectivity index (χ3n) is 13.5. The summed E-state index contributed by atoms with van der Waals surface area (Å²) in [4.78, 5) is 0. The third kappa shape index (κ3) is 10.4. The predicted molar refractivity (Wildman–Crippen MR) is 218 cm³/mol. The number of hydrogen-bond acceptors (Lipinski definition) is 3. The summed E-state index contributed by atoms with van der Waals surface area (Å²) >= 11 is 0. The van der Waals surface area contributed by atoms with Crippen molar-refractivity contribution < 1.29 is 13.3 Å². The van der Waals surface area contributed by atoms with Gasteiger partial charge in [0.05, 0.1) is 17.8 Å². The Morgan fingerprint density at radius 2 is 1.35 bits per heavy atom. The van der Waals surface area contributed by atoms with Crippen LogP contribution in [0, 0.1) is 23.2 Å². The predicted octanol–water partition coefficient (Wildman–Crippen LogP) is 13.6. The second kappa shape index (κ2) is 15.0. The second-order valence-corrected chi connectivity index (χ2v) is 35.2. The Bertz CT molecular complexity index is 1130. The van der Waals surface area contributed by atoms with Crippen LogP contribution in [-0.4, -0.2) is 42.8 Å². The zero-order valence-corrected chi connectivity index (χ0v) is 38.0. The lowest BCUT2D eigenvalue weighted by Crippen LogP contribution is -2.49. The average Bonchev–Trinajstić information content (AvgIpc) is 3.24. The molecule has 0 N–H and O–H groups in total. The molecule has 0 heterocycles. The highest BCUT2D eigenvalue weighted by Crippen LogP contribution is 2.60. The third-order valence-corrected chi connectivity index (χ3v) is 23.6. The van der Waals surface area contributed by atoms with Crippen LogP contribution >= 0.6 is 0 Å². The fourth-order valence-electron chi connectivity index (χ4n) is 8.83. The van der Waals surface area contributed by atoms with Crippen molar-refractivity contribution in [1.29, 1.82) is 0 Å². The minimum Gasteiger partial charge on any atom is -0.413 e. The van der Waals surface area contributed by atoms with E-state index in [1.807, 2.05) is 0 Å². The van der Waals surface area contributed by atoms with Crippen LogP contribution in [0.4, 0.5) is 0 Å². The molecule has 278 valence electrons. The Kier molecular flexibility index (Phi) is 13.2. The first-order chi connectivity index (χ1) is 21.6. The molecular formula is C42H80O3Si3. The van der Waals surface area contributed by atoms with E-state index in [0.717, 1.165) is 30.6 Å². The maximum absolute atomic E-state index is 7.12. The SMILES string of the molecule is C=C1[C@@H](O[Si](C)(C)C(C)(C)C)CC(=C/C=C2\CCC[C@]3(C)[C@@H]([C@@H](C)CCCC(C)(C)O[Si](C)(C)C)CC[C@@H]23)C[C@H]1O[Si](C)(C)C(C)(C)C. The molecule has 0 aromatic heterocycles. The summed E-state index contributed by atoms with van der Waals surface area (Å²) < 4.78 is 20.8. The molecule has 0 bridgehead atoms. The molecule has 6 atom stereocenters. The molecule has 3 nitrogen and oxygen atoms in total. The van der Waals surface area contributed by atoms with Crippen LogP contribution in [0.5, 0.6) is 0 Å². The summed E-state index contributed by atoms with van der Waals surface area (Å²) in [6.45, 7) is 45.0. The smallest absolute Gasteiger partial charge is 0.192 e. The Hall–Kier alpha value is -0.249. The van der Waals surface area contributed by atoms with Crippen molar-refractivity contribution in [3.63, 3.8) is 0 Å². The van der Waals surface area contributed by atoms with Gasteiger partial charge in [-0.1, -0.05) is 98.1 Å². The fourth-order valence-corrected chi connectivity index (χ4v) is 13.2. The molecule has 0 aromatic carbocycles. The molecule has 3 aliphatic carbocycles. The molecule has 0 spiro atoms. The average molecular weight is 717 g/mol. The standard InChI is InChI=1S/C42H80O3Si3/c1-31(21-19-27-41(9,10)45-46(12,13)14)35-25-26-36-34(22-20-28-42(35,36)11)24-23-33-29-37(43-47(15,16)39(3,4)5)32(2)38(30-33)44-48(17,18)40(6,7)8/h23-24,31,35-38H,2,19-22,25-30H2,1,3-18H3/b33-23?,34-24+/t31-,35+,36-,37-,38+,42+/m0/s1. The highest BCUT2D eigenvalue weighted by atomic mass is 28.4. The summed E-state index contributed by atoms with van der Waals surface area (Å²) in [5.74, 6) is 2.31. The van der Waals surface area contributed by atoms with Gasteiger partial charge in [0.25, 0.3) is 0 Å². The van der Waals surface area contributed by atoms with Crippen LogP contribution in [0.25, 0.3) is 0 Å². The highest BCUT2D eigenvalue weighted by Gasteiger charge is 2.51. The van der Waals surface area contributed by atoms with Crippen molar-refractivity contribution in [1.82, 2.24) is 0 Å². The summed E-state index contributed by atoms with van der Waals surface area (Å²) in [6, 6.07) is 0. The van der Waals surface area contributed by atoms with Gasteiger partial charge in [0.1, 0.15) is 0 Å². The van der Waals surface area contributed by atoms with E-state index in [9.17, 15) is 0 Å². The maximum Gasteiger partial charge on any atom is 0.192 e. The normalized spacial score (nSPS) is 30.6. The first-order valence-electron chi connectivity index (χ1n) is 19.7. The van der Waals surface area contributed by atoms with Gasteiger partial charge in [-0.2, -0.15) is 0 Å². The Balaban J connectivity index is 1.81. The van der Waals surface area contributed by atoms with Crippen molar-refractivity contribution in [3.8, 4) is 0 Å². The molecule has 3 aliphatic rings. The van der Waals surface area contributed by atoms with E-state index in [2.05, 4.69) is 134 Å². The largest absolute Gasteiger partial charge is 0.413 e. The molecular weight excluding hydrogens is 637 g/mol. The lowest BCUT2D eigenvalue weighted by Gasteiger charge is -2.46. The minimum atomic E-state index is -1.97. The quantitative estimate of drug-likeness (QED) is 0.149. The van der Waals surface area contributed by atoms with Crippen molar-refractivity contribution in [2.24, 2.45) is 23.2 Å².